The Bertz CT molecular complexity index is 247. The fourth-order valence-corrected chi connectivity index (χ4v) is 3.37. The van der Waals surface area contributed by atoms with E-state index in [9.17, 15) is 0 Å². The van der Waals surface area contributed by atoms with Gasteiger partial charge in [-0.2, -0.15) is 0 Å². The Morgan fingerprint density at radius 3 is 2.61 bits per heavy atom. The Hall–Kier alpha value is -0.160. The molecule has 2 heterocycles. The second kappa shape index (κ2) is 6.33. The summed E-state index contributed by atoms with van der Waals surface area (Å²) in [7, 11) is 6.38. The van der Waals surface area contributed by atoms with E-state index in [2.05, 4.69) is 31.4 Å². The third kappa shape index (κ3) is 3.44. The van der Waals surface area contributed by atoms with Gasteiger partial charge < -0.3 is 19.7 Å². The summed E-state index contributed by atoms with van der Waals surface area (Å²) >= 11 is 0. The van der Waals surface area contributed by atoms with Gasteiger partial charge in [0.25, 0.3) is 0 Å². The van der Waals surface area contributed by atoms with Crippen LogP contribution < -0.4 is 5.32 Å². The van der Waals surface area contributed by atoms with Gasteiger partial charge >= 0.3 is 0 Å². The standard InChI is InChI=1S/C14H28N2O2/c1-15-13(11-16(2)3)12-4-7-18-14(10-12)5-8-17-9-6-14/h12-13,15H,4-11H2,1-3H3. The van der Waals surface area contributed by atoms with Crippen LogP contribution in [-0.4, -0.2) is 64.1 Å². The van der Waals surface area contributed by atoms with E-state index < -0.39 is 0 Å². The molecule has 2 unspecified atom stereocenters. The van der Waals surface area contributed by atoms with E-state index in [4.69, 9.17) is 9.47 Å². The first-order valence-electron chi connectivity index (χ1n) is 7.19. The van der Waals surface area contributed by atoms with Crippen LogP contribution in [0, 0.1) is 5.92 Å². The molecule has 18 heavy (non-hydrogen) atoms. The Morgan fingerprint density at radius 2 is 2.00 bits per heavy atom. The first-order valence-corrected chi connectivity index (χ1v) is 7.19. The van der Waals surface area contributed by atoms with Crippen molar-refractivity contribution < 1.29 is 9.47 Å². The van der Waals surface area contributed by atoms with Gasteiger partial charge in [0.15, 0.2) is 0 Å². The van der Waals surface area contributed by atoms with E-state index in [1.165, 1.54) is 12.8 Å². The van der Waals surface area contributed by atoms with E-state index in [1.807, 2.05) is 0 Å². The lowest BCUT2D eigenvalue weighted by Gasteiger charge is -2.45. The number of hydrogen-bond acceptors (Lipinski definition) is 4. The molecule has 4 heteroatoms. The van der Waals surface area contributed by atoms with Crippen molar-refractivity contribution in [2.45, 2.75) is 37.3 Å². The van der Waals surface area contributed by atoms with Crippen LogP contribution in [0.4, 0.5) is 0 Å². The Balaban J connectivity index is 1.96. The molecule has 0 aromatic heterocycles. The molecule has 4 nitrogen and oxygen atoms in total. The van der Waals surface area contributed by atoms with Crippen molar-refractivity contribution >= 4 is 0 Å². The molecule has 2 aliphatic heterocycles. The van der Waals surface area contributed by atoms with Crippen molar-refractivity contribution in [1.82, 2.24) is 10.2 Å². The second-order valence-corrected chi connectivity index (χ2v) is 6.05. The fourth-order valence-electron chi connectivity index (χ4n) is 3.37. The van der Waals surface area contributed by atoms with Gasteiger partial charge in [0, 0.05) is 32.4 Å². The molecule has 0 radical (unpaired) electrons. The Kier molecular flexibility index (Phi) is 5.01. The smallest absolute Gasteiger partial charge is 0.0729 e. The van der Waals surface area contributed by atoms with Crippen molar-refractivity contribution in [3.8, 4) is 0 Å². The SMILES string of the molecule is CNC(CN(C)C)C1CCOC2(CCOCC2)C1. The third-order valence-electron chi connectivity index (χ3n) is 4.44. The average molecular weight is 256 g/mol. The van der Waals surface area contributed by atoms with Gasteiger partial charge in [-0.25, -0.2) is 0 Å². The van der Waals surface area contributed by atoms with Crippen LogP contribution >= 0.6 is 0 Å². The first kappa shape index (κ1) is 14.3. The molecule has 2 saturated heterocycles. The van der Waals surface area contributed by atoms with Gasteiger partial charge in [0.2, 0.25) is 0 Å². The maximum atomic E-state index is 6.11. The molecular weight excluding hydrogens is 228 g/mol. The lowest BCUT2D eigenvalue weighted by atomic mass is 9.77. The summed E-state index contributed by atoms with van der Waals surface area (Å²) in [6, 6.07) is 0.573. The summed E-state index contributed by atoms with van der Waals surface area (Å²) in [5, 5.41) is 3.50. The van der Waals surface area contributed by atoms with E-state index in [-0.39, 0.29) is 5.60 Å². The summed E-state index contributed by atoms with van der Waals surface area (Å²) in [5.41, 5.74) is 0.114. The van der Waals surface area contributed by atoms with Crippen LogP contribution in [0.5, 0.6) is 0 Å². The molecule has 0 aromatic carbocycles. The zero-order chi connectivity index (χ0) is 13.0. The van der Waals surface area contributed by atoms with E-state index in [1.54, 1.807) is 0 Å². The molecule has 2 aliphatic rings. The van der Waals surface area contributed by atoms with Gasteiger partial charge in [-0.3, -0.25) is 0 Å². The number of nitrogens with one attached hydrogen (secondary N) is 1. The average Bonchev–Trinajstić information content (AvgIpc) is 2.36. The second-order valence-electron chi connectivity index (χ2n) is 6.05. The molecule has 2 fully saturated rings. The molecule has 0 aliphatic carbocycles. The number of rotatable bonds is 4. The maximum absolute atomic E-state index is 6.11. The van der Waals surface area contributed by atoms with Gasteiger partial charge in [-0.05, 0) is 52.7 Å². The summed E-state index contributed by atoms with van der Waals surface area (Å²) in [4.78, 5) is 2.27. The Labute approximate surface area is 111 Å². The van der Waals surface area contributed by atoms with Crippen molar-refractivity contribution in [3.63, 3.8) is 0 Å². The maximum Gasteiger partial charge on any atom is 0.0729 e. The van der Waals surface area contributed by atoms with E-state index >= 15 is 0 Å². The summed E-state index contributed by atoms with van der Waals surface area (Å²) in [5.74, 6) is 0.726. The molecule has 2 rings (SSSR count). The first-order chi connectivity index (χ1) is 8.65. The largest absolute Gasteiger partial charge is 0.381 e. The lowest BCUT2D eigenvalue weighted by Crippen LogP contribution is -2.51. The molecule has 0 aromatic rings. The lowest BCUT2D eigenvalue weighted by molar-refractivity contribution is -0.150. The molecule has 106 valence electrons. The minimum Gasteiger partial charge on any atom is -0.381 e. The number of ether oxygens (including phenoxy) is 2. The monoisotopic (exact) mass is 256 g/mol. The Morgan fingerprint density at radius 1 is 1.28 bits per heavy atom. The highest BCUT2D eigenvalue weighted by atomic mass is 16.5. The predicted octanol–water partition coefficient (Wildman–Crippen LogP) is 1.11. The third-order valence-corrected chi connectivity index (χ3v) is 4.44. The van der Waals surface area contributed by atoms with Crippen LogP contribution in [0.2, 0.25) is 0 Å². The van der Waals surface area contributed by atoms with Gasteiger partial charge in [-0.1, -0.05) is 0 Å². The number of likely N-dealkylation sites (N-methyl/N-ethyl adjacent to an activating group) is 2. The fraction of sp³-hybridized carbons (Fsp3) is 1.00. The van der Waals surface area contributed by atoms with E-state index in [0.717, 1.165) is 45.1 Å². The van der Waals surface area contributed by atoms with Gasteiger partial charge in [-0.15, -0.1) is 0 Å². The highest BCUT2D eigenvalue weighted by Crippen LogP contribution is 2.38. The molecule has 0 amide bonds. The van der Waals surface area contributed by atoms with Gasteiger partial charge in [0.05, 0.1) is 5.60 Å². The molecule has 2 atom stereocenters. The molecule has 0 saturated carbocycles. The minimum atomic E-state index is 0.114. The number of hydrogen-bond donors (Lipinski definition) is 1. The van der Waals surface area contributed by atoms with Crippen molar-refractivity contribution in [2.24, 2.45) is 5.92 Å². The molecule has 0 bridgehead atoms. The zero-order valence-electron chi connectivity index (χ0n) is 12.1. The van der Waals surface area contributed by atoms with Crippen molar-refractivity contribution in [1.29, 1.82) is 0 Å². The van der Waals surface area contributed by atoms with Crippen LogP contribution in [0.15, 0.2) is 0 Å². The van der Waals surface area contributed by atoms with Crippen LogP contribution in [0.3, 0.4) is 0 Å². The summed E-state index contributed by atoms with van der Waals surface area (Å²) < 4.78 is 11.6. The van der Waals surface area contributed by atoms with Crippen molar-refractivity contribution in [2.75, 3.05) is 47.5 Å². The van der Waals surface area contributed by atoms with Crippen LogP contribution in [0.25, 0.3) is 0 Å². The summed E-state index contributed by atoms with van der Waals surface area (Å²) in [6.45, 7) is 3.75. The predicted molar refractivity (Wildman–Crippen MR) is 72.9 cm³/mol. The van der Waals surface area contributed by atoms with Crippen LogP contribution in [0.1, 0.15) is 25.7 Å². The molecule has 1 spiro atoms. The normalized spacial score (nSPS) is 29.7. The summed E-state index contributed by atoms with van der Waals surface area (Å²) in [6.07, 6.45) is 4.52. The zero-order valence-corrected chi connectivity index (χ0v) is 12.1. The van der Waals surface area contributed by atoms with Crippen LogP contribution in [-0.2, 0) is 9.47 Å². The quantitative estimate of drug-likeness (QED) is 0.817. The van der Waals surface area contributed by atoms with E-state index in [0.29, 0.717) is 6.04 Å². The van der Waals surface area contributed by atoms with Gasteiger partial charge in [0.1, 0.15) is 0 Å². The minimum absolute atomic E-state index is 0.114. The molecular formula is C14H28N2O2. The highest BCUT2D eigenvalue weighted by Gasteiger charge is 2.40. The highest BCUT2D eigenvalue weighted by molar-refractivity contribution is 4.93. The topological polar surface area (TPSA) is 33.7 Å². The number of nitrogens with zero attached hydrogens (tertiary/aromatic N) is 1. The van der Waals surface area contributed by atoms with Crippen molar-refractivity contribution in [3.05, 3.63) is 0 Å². The molecule has 1 N–H and O–H groups in total.